The first-order chi connectivity index (χ1) is 7.52. The quantitative estimate of drug-likeness (QED) is 0.700. The molecule has 0 bridgehead atoms. The van der Waals surface area contributed by atoms with Crippen molar-refractivity contribution in [3.63, 3.8) is 0 Å². The zero-order valence-electron chi connectivity index (χ0n) is 9.60. The molecule has 1 rings (SSSR count). The Hall–Kier alpha value is -1.55. The highest BCUT2D eigenvalue weighted by molar-refractivity contribution is 5.82. The molecular weight excluding hydrogens is 204 g/mol. The fraction of sp³-hybridized carbons (Fsp3) is 0.417. The predicted octanol–water partition coefficient (Wildman–Crippen LogP) is 1.16. The Morgan fingerprint density at radius 2 is 2.06 bits per heavy atom. The number of aromatic hydroxyl groups is 1. The molecule has 0 fully saturated rings. The number of phenols is 1. The monoisotopic (exact) mass is 222 g/mol. The number of rotatable bonds is 5. The van der Waals surface area contributed by atoms with Crippen LogP contribution in [0.2, 0.25) is 0 Å². The maximum Gasteiger partial charge on any atom is 0.239 e. The first kappa shape index (κ1) is 12.5. The minimum Gasteiger partial charge on any atom is -0.508 e. The topological polar surface area (TPSA) is 75.3 Å². The Morgan fingerprint density at radius 3 is 2.56 bits per heavy atom. The van der Waals surface area contributed by atoms with Crippen molar-refractivity contribution in [3.8, 4) is 5.75 Å². The van der Waals surface area contributed by atoms with Gasteiger partial charge in [-0.15, -0.1) is 0 Å². The van der Waals surface area contributed by atoms with Gasteiger partial charge in [0.1, 0.15) is 11.8 Å². The highest BCUT2D eigenvalue weighted by Gasteiger charge is 2.20. The molecule has 1 atom stereocenters. The summed E-state index contributed by atoms with van der Waals surface area (Å²) in [5.41, 5.74) is 5.84. The number of carbonyl (C=O) groups excluding carboxylic acids is 1. The summed E-state index contributed by atoms with van der Waals surface area (Å²) in [7, 11) is 0. The first-order valence-corrected chi connectivity index (χ1v) is 5.33. The lowest BCUT2D eigenvalue weighted by Crippen LogP contribution is -2.35. The van der Waals surface area contributed by atoms with Crippen LogP contribution in [0.25, 0.3) is 0 Å². The fourth-order valence-electron chi connectivity index (χ4n) is 1.45. The van der Waals surface area contributed by atoms with Crippen molar-refractivity contribution in [2.75, 3.05) is 6.54 Å². The van der Waals surface area contributed by atoms with Gasteiger partial charge in [-0.05, 0) is 18.5 Å². The number of nitrogens with one attached hydrogen (secondary N) is 1. The van der Waals surface area contributed by atoms with E-state index < -0.39 is 11.9 Å². The maximum absolute atomic E-state index is 11.3. The van der Waals surface area contributed by atoms with Crippen LogP contribution in [-0.4, -0.2) is 17.6 Å². The smallest absolute Gasteiger partial charge is 0.239 e. The number of nitrogens with two attached hydrogens (primary N) is 1. The SMILES string of the molecule is CC(C)CNC(C(N)=O)c1ccccc1O. The minimum atomic E-state index is -0.636. The number of para-hydroxylation sites is 1. The van der Waals surface area contributed by atoms with E-state index in [0.29, 0.717) is 18.0 Å². The van der Waals surface area contributed by atoms with Crippen LogP contribution < -0.4 is 11.1 Å². The molecule has 88 valence electrons. The molecule has 4 heteroatoms. The van der Waals surface area contributed by atoms with Gasteiger partial charge >= 0.3 is 0 Å². The van der Waals surface area contributed by atoms with E-state index in [4.69, 9.17) is 5.73 Å². The third kappa shape index (κ3) is 3.24. The Balaban J connectivity index is 2.86. The summed E-state index contributed by atoms with van der Waals surface area (Å²) in [5.74, 6) is 0.0115. The molecule has 0 aliphatic carbocycles. The van der Waals surface area contributed by atoms with Crippen LogP contribution in [0.3, 0.4) is 0 Å². The third-order valence-corrected chi connectivity index (χ3v) is 2.26. The number of hydrogen-bond donors (Lipinski definition) is 3. The first-order valence-electron chi connectivity index (χ1n) is 5.33. The van der Waals surface area contributed by atoms with Gasteiger partial charge in [-0.25, -0.2) is 0 Å². The standard InChI is InChI=1S/C12H18N2O2/c1-8(2)7-14-11(12(13)16)9-5-3-4-6-10(9)15/h3-6,8,11,14-15H,7H2,1-2H3,(H2,13,16). The summed E-state index contributed by atoms with van der Waals surface area (Å²) in [6.45, 7) is 4.74. The maximum atomic E-state index is 11.3. The van der Waals surface area contributed by atoms with E-state index in [9.17, 15) is 9.90 Å². The van der Waals surface area contributed by atoms with E-state index >= 15 is 0 Å². The molecule has 0 aliphatic rings. The van der Waals surface area contributed by atoms with Gasteiger partial charge in [0.2, 0.25) is 5.91 Å². The second-order valence-corrected chi connectivity index (χ2v) is 4.20. The zero-order valence-corrected chi connectivity index (χ0v) is 9.60. The van der Waals surface area contributed by atoms with Gasteiger partial charge < -0.3 is 16.2 Å². The Bertz CT molecular complexity index is 364. The Labute approximate surface area is 95.5 Å². The minimum absolute atomic E-state index is 0.0857. The van der Waals surface area contributed by atoms with Crippen molar-refractivity contribution < 1.29 is 9.90 Å². The molecule has 1 aromatic carbocycles. The Kier molecular flexibility index (Phi) is 4.31. The van der Waals surface area contributed by atoms with E-state index in [2.05, 4.69) is 5.32 Å². The van der Waals surface area contributed by atoms with Gasteiger partial charge in [0.05, 0.1) is 0 Å². The number of primary amides is 1. The average molecular weight is 222 g/mol. The van der Waals surface area contributed by atoms with Crippen LogP contribution >= 0.6 is 0 Å². The van der Waals surface area contributed by atoms with Crippen LogP contribution in [0.4, 0.5) is 0 Å². The van der Waals surface area contributed by atoms with Crippen molar-refractivity contribution in [2.45, 2.75) is 19.9 Å². The molecule has 4 nitrogen and oxygen atoms in total. The summed E-state index contributed by atoms with van der Waals surface area (Å²) >= 11 is 0. The van der Waals surface area contributed by atoms with Crippen LogP contribution in [0.1, 0.15) is 25.5 Å². The van der Waals surface area contributed by atoms with Crippen molar-refractivity contribution in [1.29, 1.82) is 0 Å². The van der Waals surface area contributed by atoms with E-state index in [1.165, 1.54) is 0 Å². The largest absolute Gasteiger partial charge is 0.508 e. The Morgan fingerprint density at radius 1 is 1.44 bits per heavy atom. The van der Waals surface area contributed by atoms with Gasteiger partial charge in [-0.1, -0.05) is 32.0 Å². The van der Waals surface area contributed by atoms with Crippen molar-refractivity contribution in [1.82, 2.24) is 5.32 Å². The predicted molar refractivity (Wildman–Crippen MR) is 62.9 cm³/mol. The molecule has 0 spiro atoms. The molecule has 1 unspecified atom stereocenters. The van der Waals surface area contributed by atoms with Gasteiger partial charge in [0.25, 0.3) is 0 Å². The molecule has 0 radical (unpaired) electrons. The van der Waals surface area contributed by atoms with Crippen molar-refractivity contribution >= 4 is 5.91 Å². The van der Waals surface area contributed by atoms with E-state index in [1.807, 2.05) is 13.8 Å². The molecule has 16 heavy (non-hydrogen) atoms. The number of amides is 1. The summed E-state index contributed by atoms with van der Waals surface area (Å²) in [5, 5.41) is 12.7. The van der Waals surface area contributed by atoms with Crippen LogP contribution in [0.15, 0.2) is 24.3 Å². The number of carbonyl (C=O) groups is 1. The molecule has 0 saturated heterocycles. The summed E-state index contributed by atoms with van der Waals surface area (Å²) in [4.78, 5) is 11.3. The number of benzene rings is 1. The average Bonchev–Trinajstić information content (AvgIpc) is 2.20. The van der Waals surface area contributed by atoms with Gasteiger partial charge in [0.15, 0.2) is 0 Å². The lowest BCUT2D eigenvalue weighted by molar-refractivity contribution is -0.120. The lowest BCUT2D eigenvalue weighted by Gasteiger charge is -2.18. The molecule has 4 N–H and O–H groups in total. The molecule has 1 aromatic rings. The molecule has 0 aliphatic heterocycles. The highest BCUT2D eigenvalue weighted by Crippen LogP contribution is 2.23. The van der Waals surface area contributed by atoms with Gasteiger partial charge in [-0.3, -0.25) is 4.79 Å². The number of phenolic OH excluding ortho intramolecular Hbond substituents is 1. The highest BCUT2D eigenvalue weighted by atomic mass is 16.3. The molecule has 1 amide bonds. The van der Waals surface area contributed by atoms with Gasteiger partial charge in [0, 0.05) is 5.56 Å². The van der Waals surface area contributed by atoms with Crippen LogP contribution in [-0.2, 0) is 4.79 Å². The van der Waals surface area contributed by atoms with E-state index in [1.54, 1.807) is 24.3 Å². The van der Waals surface area contributed by atoms with Crippen LogP contribution in [0.5, 0.6) is 5.75 Å². The molecular formula is C12H18N2O2. The second-order valence-electron chi connectivity index (χ2n) is 4.20. The third-order valence-electron chi connectivity index (χ3n) is 2.26. The normalized spacial score (nSPS) is 12.7. The summed E-state index contributed by atoms with van der Waals surface area (Å²) in [6.07, 6.45) is 0. The fourth-order valence-corrected chi connectivity index (χ4v) is 1.45. The van der Waals surface area contributed by atoms with Gasteiger partial charge in [-0.2, -0.15) is 0 Å². The number of hydrogen-bond acceptors (Lipinski definition) is 3. The van der Waals surface area contributed by atoms with Crippen molar-refractivity contribution in [3.05, 3.63) is 29.8 Å². The zero-order chi connectivity index (χ0) is 12.1. The molecule has 0 aromatic heterocycles. The van der Waals surface area contributed by atoms with Crippen molar-refractivity contribution in [2.24, 2.45) is 11.7 Å². The summed E-state index contributed by atoms with van der Waals surface area (Å²) < 4.78 is 0. The summed E-state index contributed by atoms with van der Waals surface area (Å²) in [6, 6.07) is 6.07. The lowest BCUT2D eigenvalue weighted by atomic mass is 10.0. The van der Waals surface area contributed by atoms with E-state index in [-0.39, 0.29) is 5.75 Å². The van der Waals surface area contributed by atoms with E-state index in [0.717, 1.165) is 0 Å². The molecule has 0 heterocycles. The molecule has 0 saturated carbocycles. The second kappa shape index (κ2) is 5.51. The van der Waals surface area contributed by atoms with Crippen LogP contribution in [0, 0.1) is 5.92 Å².